The smallest absolute Gasteiger partial charge is 0.159 e. The normalized spacial score (nSPS) is 12.6. The lowest BCUT2D eigenvalue weighted by molar-refractivity contribution is 0.400. The molecule has 0 aliphatic heterocycles. The van der Waals surface area contributed by atoms with Crippen molar-refractivity contribution in [2.24, 2.45) is 0 Å². The molecule has 0 saturated heterocycles. The van der Waals surface area contributed by atoms with E-state index in [9.17, 15) is 8.78 Å². The molecule has 0 fully saturated rings. The Morgan fingerprint density at radius 2 is 1.22 bits per heavy atom. The highest BCUT2D eigenvalue weighted by Gasteiger charge is 2.19. The molecule has 0 bridgehead atoms. The summed E-state index contributed by atoms with van der Waals surface area (Å²) in [5.41, 5.74) is 17.0. The van der Waals surface area contributed by atoms with E-state index in [4.69, 9.17) is 4.98 Å². The molecule has 88 heavy (non-hydrogen) atoms. The van der Waals surface area contributed by atoms with Gasteiger partial charge in [0, 0.05) is 44.9 Å². The lowest BCUT2D eigenvalue weighted by Crippen LogP contribution is -2.21. The van der Waals surface area contributed by atoms with Gasteiger partial charge in [0.05, 0.1) is 34.0 Å². The number of pyridine rings is 1. The molecule has 7 aromatic rings. The first-order valence-corrected chi connectivity index (χ1v) is 30.3. The number of nitrogens with zero attached hydrogens (tertiary/aromatic N) is 6. The van der Waals surface area contributed by atoms with Crippen molar-refractivity contribution in [2.45, 2.75) is 101 Å². The monoisotopic (exact) mass is 1190 g/mol. The van der Waals surface area contributed by atoms with Gasteiger partial charge in [-0.2, -0.15) is 10.2 Å². The molecule has 11 nitrogen and oxygen atoms in total. The van der Waals surface area contributed by atoms with Crippen molar-refractivity contribution in [3.63, 3.8) is 0 Å². The van der Waals surface area contributed by atoms with E-state index in [1.807, 2.05) is 151 Å². The SMILES string of the molecule is C=C/C=C(/c1cc(F)cc(CCCN(C)C)c1)c1cc(-c2n[nH]/c(=C/C=C(\C)c3cncc(NC(=C)CC)c3)c2=C)[nH]c1C.C=C\C=C/C(=C\C)C(/C)=C/C=c1/[nH]nc(-c2nc(/C(=C\C=C)c3cc(F)cc(CCCN(C)C)c3)c(C)[nH]2)c1=C.CC.CC. The van der Waals surface area contributed by atoms with E-state index < -0.39 is 0 Å². The number of aryl methyl sites for hydroxylation is 4. The molecule has 13 heteroatoms. The molecule has 0 amide bonds. The van der Waals surface area contributed by atoms with Crippen molar-refractivity contribution in [1.29, 1.82) is 0 Å². The highest BCUT2D eigenvalue weighted by atomic mass is 19.1. The van der Waals surface area contributed by atoms with Crippen LogP contribution in [0.3, 0.4) is 0 Å². The van der Waals surface area contributed by atoms with Gasteiger partial charge in [0.25, 0.3) is 0 Å². The number of hydrogen-bond acceptors (Lipinski definition) is 7. The lowest BCUT2D eigenvalue weighted by Gasteiger charge is -2.12. The zero-order chi connectivity index (χ0) is 65.0. The fraction of sp³-hybridized carbons (Fsp3) is 0.280. The maximum atomic E-state index is 14.8. The van der Waals surface area contributed by atoms with Crippen LogP contribution in [-0.2, 0) is 12.8 Å². The summed E-state index contributed by atoms with van der Waals surface area (Å²) >= 11 is 0. The molecule has 0 radical (unpaired) electrons. The number of allylic oxidation sites excluding steroid dienone is 14. The van der Waals surface area contributed by atoms with Crippen molar-refractivity contribution >= 4 is 47.7 Å². The molecule has 0 spiro atoms. The third-order valence-corrected chi connectivity index (χ3v) is 14.1. The van der Waals surface area contributed by atoms with E-state index in [1.165, 1.54) is 0 Å². The van der Waals surface area contributed by atoms with Gasteiger partial charge in [-0.25, -0.2) is 13.8 Å². The van der Waals surface area contributed by atoms with Crippen molar-refractivity contribution in [1.82, 2.24) is 50.1 Å². The zero-order valence-corrected chi connectivity index (χ0v) is 54.8. The second-order valence-electron chi connectivity index (χ2n) is 21.3. The van der Waals surface area contributed by atoms with E-state index in [0.29, 0.717) is 11.5 Å². The summed E-state index contributed by atoms with van der Waals surface area (Å²) < 4.78 is 29.5. The standard InChI is InChI=1S/C37H43FN6.C34H40FN5.2C2H6/c1-9-12-33(29-17-28(18-31(38)19-29)13-11-16-44(7)8)34-21-36(41-27(34)6)37-26(5)35(42-43-37)15-14-24(3)30-20-32(23-39-22-30)40-25(4)10-2;1-9-12-16-27(11-3)23(4)17-18-31-24(5)32(39-38-31)34-36-25(6)33(37-34)30(14-10-2)28-20-26(21-29(35)22-28)15-13-19-40(7)8;2*1-2/h9,12,14-15,17-23,40-42H,1,4-5,10-11,13,16H2,2-3,6-8H3;9-12,14,16-18,20-22,38H,1-2,5,13,15,19H2,3-4,6-8H3,(H,36,37);2*1-2H3/b24-14+,33-12-,35-15+;16-12-,23-17+,27-11+,30-14-,31-18+;;. The Balaban J connectivity index is 0.000000358. The van der Waals surface area contributed by atoms with Crippen LogP contribution in [0.4, 0.5) is 14.5 Å². The number of H-pyrrole nitrogens is 4. The fourth-order valence-electron chi connectivity index (χ4n) is 9.49. The minimum atomic E-state index is -0.266. The summed E-state index contributed by atoms with van der Waals surface area (Å²) in [5, 5.41) is 21.7. The molecule has 0 aliphatic rings. The average Bonchev–Trinajstić information content (AvgIpc) is 4.47. The minimum Gasteiger partial charge on any atom is -0.358 e. The summed E-state index contributed by atoms with van der Waals surface area (Å²) in [6.45, 7) is 46.1. The Morgan fingerprint density at radius 1 is 0.659 bits per heavy atom. The molecule has 0 aliphatic carbocycles. The number of halogens is 2. The van der Waals surface area contributed by atoms with Crippen LogP contribution in [0.2, 0.25) is 0 Å². The molecular formula is C75H95F2N11. The Bertz CT molecular complexity index is 3920. The van der Waals surface area contributed by atoms with E-state index in [2.05, 4.69) is 122 Å². The van der Waals surface area contributed by atoms with Gasteiger partial charge in [-0.1, -0.05) is 147 Å². The number of rotatable bonds is 25. The Morgan fingerprint density at radius 3 is 1.77 bits per heavy atom. The number of aromatic nitrogens is 8. The molecule has 7 rings (SSSR count). The second-order valence-corrected chi connectivity index (χ2v) is 21.3. The van der Waals surface area contributed by atoms with Crippen LogP contribution in [0.15, 0.2) is 165 Å². The van der Waals surface area contributed by atoms with Crippen molar-refractivity contribution in [3.05, 3.63) is 248 Å². The maximum absolute atomic E-state index is 14.8. The Hall–Kier alpha value is -9.04. The molecular weight excluding hydrogens is 1090 g/mol. The van der Waals surface area contributed by atoms with Crippen molar-refractivity contribution < 1.29 is 8.78 Å². The highest BCUT2D eigenvalue weighted by molar-refractivity contribution is 5.85. The molecule has 5 aromatic heterocycles. The van der Waals surface area contributed by atoms with Crippen LogP contribution in [0, 0.1) is 25.5 Å². The van der Waals surface area contributed by atoms with Crippen molar-refractivity contribution in [2.75, 3.05) is 46.6 Å². The average molecular weight is 1190 g/mol. The molecule has 2 aromatic carbocycles. The van der Waals surface area contributed by atoms with E-state index in [0.717, 1.165) is 167 Å². The maximum Gasteiger partial charge on any atom is 0.159 e. The molecule has 0 saturated carbocycles. The van der Waals surface area contributed by atoms with Crippen LogP contribution >= 0.6 is 0 Å². The largest absolute Gasteiger partial charge is 0.358 e. The van der Waals surface area contributed by atoms with Gasteiger partial charge < -0.3 is 25.1 Å². The third-order valence-electron chi connectivity index (χ3n) is 14.1. The predicted molar refractivity (Wildman–Crippen MR) is 374 cm³/mol. The van der Waals surface area contributed by atoms with Crippen LogP contribution in [0.1, 0.15) is 125 Å². The van der Waals surface area contributed by atoms with Gasteiger partial charge in [0.2, 0.25) is 0 Å². The highest BCUT2D eigenvalue weighted by Crippen LogP contribution is 2.32. The lowest BCUT2D eigenvalue weighted by atomic mass is 9.94. The van der Waals surface area contributed by atoms with Gasteiger partial charge in [0.15, 0.2) is 5.82 Å². The summed E-state index contributed by atoms with van der Waals surface area (Å²) in [4.78, 5) is 20.3. The van der Waals surface area contributed by atoms with Gasteiger partial charge in [-0.05, 0) is 207 Å². The van der Waals surface area contributed by atoms with E-state index >= 15 is 0 Å². The predicted octanol–water partition coefficient (Wildman–Crippen LogP) is 15.2. The molecule has 464 valence electrons. The van der Waals surface area contributed by atoms with E-state index in [1.54, 1.807) is 48.7 Å². The minimum absolute atomic E-state index is 0.244. The summed E-state index contributed by atoms with van der Waals surface area (Å²) in [6.07, 6.45) is 30.9. The molecule has 5 heterocycles. The van der Waals surface area contributed by atoms with Gasteiger partial charge in [-0.15, -0.1) is 0 Å². The van der Waals surface area contributed by atoms with Crippen LogP contribution in [0.25, 0.3) is 64.9 Å². The fourth-order valence-corrected chi connectivity index (χ4v) is 9.49. The number of nitrogens with one attached hydrogen (secondary N) is 5. The van der Waals surface area contributed by atoms with Crippen LogP contribution in [0.5, 0.6) is 0 Å². The number of anilines is 1. The summed E-state index contributed by atoms with van der Waals surface area (Å²) in [6, 6.07) is 14.6. The summed E-state index contributed by atoms with van der Waals surface area (Å²) in [5.74, 6) is 0.0826. The Labute approximate surface area is 523 Å². The van der Waals surface area contributed by atoms with Crippen molar-refractivity contribution in [3.8, 4) is 22.9 Å². The first-order valence-electron chi connectivity index (χ1n) is 30.3. The van der Waals surface area contributed by atoms with Crippen LogP contribution in [-0.4, -0.2) is 91.4 Å². The molecule has 0 atom stereocenters. The Kier molecular flexibility index (Phi) is 29.4. The first-order chi connectivity index (χ1) is 42.3. The third kappa shape index (κ3) is 20.6. The summed E-state index contributed by atoms with van der Waals surface area (Å²) in [7, 11) is 8.17. The number of aromatic amines is 4. The second kappa shape index (κ2) is 36.2. The topological polar surface area (TPSA) is 133 Å². The number of imidazole rings is 1. The first kappa shape index (κ1) is 71.4. The number of hydrogen-bond donors (Lipinski definition) is 5. The van der Waals surface area contributed by atoms with Gasteiger partial charge in [0.1, 0.15) is 23.0 Å². The molecule has 0 unspecified atom stereocenters. The van der Waals surface area contributed by atoms with Crippen LogP contribution < -0.4 is 26.5 Å². The van der Waals surface area contributed by atoms with E-state index in [-0.39, 0.29) is 11.6 Å². The number of benzene rings is 2. The molecule has 5 N–H and O–H groups in total. The van der Waals surface area contributed by atoms with Gasteiger partial charge in [-0.3, -0.25) is 15.2 Å². The zero-order valence-electron chi connectivity index (χ0n) is 54.8. The van der Waals surface area contributed by atoms with Gasteiger partial charge >= 0.3 is 0 Å². The quantitative estimate of drug-likeness (QED) is 0.0360.